The summed E-state index contributed by atoms with van der Waals surface area (Å²) in [5, 5.41) is 5.83. The first kappa shape index (κ1) is 26.9. The third kappa shape index (κ3) is 8.22. The Labute approximate surface area is 213 Å². The van der Waals surface area contributed by atoms with E-state index in [9.17, 15) is 9.59 Å². The average molecular weight is 489 g/mol. The van der Waals surface area contributed by atoms with Gasteiger partial charge >= 0.3 is 6.09 Å². The van der Waals surface area contributed by atoms with Gasteiger partial charge in [0.15, 0.2) is 0 Å². The zero-order valence-electron chi connectivity index (χ0n) is 21.3. The lowest BCUT2D eigenvalue weighted by molar-refractivity contribution is 0.0358. The maximum Gasteiger partial charge on any atom is 0.412 e. The summed E-state index contributed by atoms with van der Waals surface area (Å²) in [6.45, 7) is 6.16. The summed E-state index contributed by atoms with van der Waals surface area (Å²) in [6, 6.07) is 24.9. The van der Waals surface area contributed by atoms with Gasteiger partial charge in [0.1, 0.15) is 5.60 Å². The Bertz CT molecular complexity index is 1130. The first-order chi connectivity index (χ1) is 17.3. The van der Waals surface area contributed by atoms with Crippen molar-refractivity contribution in [2.24, 2.45) is 5.73 Å². The number of amides is 2. The second-order valence-electron chi connectivity index (χ2n) is 9.40. The van der Waals surface area contributed by atoms with E-state index in [1.807, 2.05) is 87.6 Å². The number of ether oxygens (including phenoxy) is 1. The molecule has 190 valence electrons. The van der Waals surface area contributed by atoms with Gasteiger partial charge in [-0.05, 0) is 56.6 Å². The van der Waals surface area contributed by atoms with E-state index in [-0.39, 0.29) is 5.91 Å². The Morgan fingerprint density at radius 3 is 2.28 bits per heavy atom. The van der Waals surface area contributed by atoms with Crippen LogP contribution < -0.4 is 16.4 Å². The highest BCUT2D eigenvalue weighted by Gasteiger charge is 2.24. The van der Waals surface area contributed by atoms with Crippen LogP contribution in [0, 0.1) is 0 Å². The van der Waals surface area contributed by atoms with Gasteiger partial charge in [-0.15, -0.1) is 0 Å². The number of para-hydroxylation sites is 1. The summed E-state index contributed by atoms with van der Waals surface area (Å²) in [4.78, 5) is 27.1. The Kier molecular flexibility index (Phi) is 9.61. The number of nitrogens with two attached hydrogens (primary N) is 1. The number of carbonyl (C=O) groups excluding carboxylic acids is 2. The smallest absolute Gasteiger partial charge is 0.412 e. The van der Waals surface area contributed by atoms with E-state index in [1.54, 1.807) is 12.1 Å². The number of rotatable bonds is 11. The van der Waals surface area contributed by atoms with Crippen molar-refractivity contribution in [3.63, 3.8) is 0 Å². The van der Waals surface area contributed by atoms with Crippen LogP contribution in [0.5, 0.6) is 0 Å². The highest BCUT2D eigenvalue weighted by atomic mass is 16.6. The Morgan fingerprint density at radius 2 is 1.58 bits per heavy atom. The van der Waals surface area contributed by atoms with Crippen molar-refractivity contribution in [1.82, 2.24) is 10.2 Å². The maximum absolute atomic E-state index is 12.7. The Morgan fingerprint density at radius 1 is 0.917 bits per heavy atom. The number of benzene rings is 3. The number of nitrogens with zero attached hydrogens (tertiary/aromatic N) is 1. The van der Waals surface area contributed by atoms with E-state index in [1.165, 1.54) is 0 Å². The molecular formula is C29H36N4O3. The molecule has 0 saturated heterocycles. The molecule has 0 heterocycles. The SMILES string of the molecule is CN(CCNC(=O)c1ccc(CN)cc1)CCC(C)(C)OC(=O)Nc1ccccc1-c1ccccc1. The van der Waals surface area contributed by atoms with E-state index in [0.29, 0.717) is 43.9 Å². The van der Waals surface area contributed by atoms with E-state index >= 15 is 0 Å². The number of nitrogens with one attached hydrogen (secondary N) is 2. The molecule has 2 amide bonds. The number of hydrogen-bond donors (Lipinski definition) is 3. The lowest BCUT2D eigenvalue weighted by atomic mass is 10.0. The van der Waals surface area contributed by atoms with Crippen molar-refractivity contribution >= 4 is 17.7 Å². The lowest BCUT2D eigenvalue weighted by Crippen LogP contribution is -2.37. The zero-order chi connectivity index (χ0) is 26.0. The topological polar surface area (TPSA) is 96.7 Å². The van der Waals surface area contributed by atoms with E-state index in [2.05, 4.69) is 15.5 Å². The van der Waals surface area contributed by atoms with Crippen LogP contribution in [0.15, 0.2) is 78.9 Å². The molecule has 36 heavy (non-hydrogen) atoms. The standard InChI is InChI=1S/C29H36N4O3/c1-29(2,17-19-33(3)20-18-31-27(34)24-15-13-22(21-30)14-16-24)36-28(35)32-26-12-8-7-11-25(26)23-9-5-4-6-10-23/h4-16H,17-21,30H2,1-3H3,(H,31,34)(H,32,35). The van der Waals surface area contributed by atoms with Gasteiger partial charge in [-0.2, -0.15) is 0 Å². The van der Waals surface area contributed by atoms with Gasteiger partial charge in [0.2, 0.25) is 0 Å². The molecule has 0 aliphatic heterocycles. The minimum Gasteiger partial charge on any atom is -0.443 e. The van der Waals surface area contributed by atoms with Crippen molar-refractivity contribution in [2.45, 2.75) is 32.4 Å². The van der Waals surface area contributed by atoms with Gasteiger partial charge in [-0.25, -0.2) is 4.79 Å². The summed E-state index contributed by atoms with van der Waals surface area (Å²) in [6.07, 6.45) is 0.158. The molecule has 0 bridgehead atoms. The summed E-state index contributed by atoms with van der Waals surface area (Å²) in [5.74, 6) is -0.108. The van der Waals surface area contributed by atoms with Crippen LogP contribution in [0.25, 0.3) is 11.1 Å². The summed E-state index contributed by atoms with van der Waals surface area (Å²) in [7, 11) is 1.98. The van der Waals surface area contributed by atoms with E-state index < -0.39 is 11.7 Å². The number of likely N-dealkylation sites (N-methyl/N-ethyl adjacent to an activating group) is 1. The molecule has 4 N–H and O–H groups in total. The largest absolute Gasteiger partial charge is 0.443 e. The monoisotopic (exact) mass is 488 g/mol. The molecule has 0 aliphatic rings. The van der Waals surface area contributed by atoms with E-state index in [0.717, 1.165) is 16.7 Å². The van der Waals surface area contributed by atoms with Gasteiger partial charge in [-0.3, -0.25) is 10.1 Å². The lowest BCUT2D eigenvalue weighted by Gasteiger charge is -2.28. The molecule has 0 aromatic heterocycles. The molecule has 3 rings (SSSR count). The molecule has 7 heteroatoms. The molecular weight excluding hydrogens is 452 g/mol. The second-order valence-corrected chi connectivity index (χ2v) is 9.40. The second kappa shape index (κ2) is 12.9. The molecule has 0 radical (unpaired) electrons. The van der Waals surface area contributed by atoms with Gasteiger partial charge in [0.05, 0.1) is 5.69 Å². The molecule has 3 aromatic carbocycles. The predicted molar refractivity (Wildman–Crippen MR) is 145 cm³/mol. The fourth-order valence-corrected chi connectivity index (χ4v) is 3.73. The zero-order valence-corrected chi connectivity index (χ0v) is 21.3. The van der Waals surface area contributed by atoms with Crippen LogP contribution in [-0.4, -0.2) is 49.2 Å². The molecule has 0 unspecified atom stereocenters. The van der Waals surface area contributed by atoms with Crippen LogP contribution in [0.1, 0.15) is 36.2 Å². The molecule has 3 aromatic rings. The minimum absolute atomic E-state index is 0.108. The van der Waals surface area contributed by atoms with Crippen molar-refractivity contribution < 1.29 is 14.3 Å². The Balaban J connectivity index is 1.43. The highest BCUT2D eigenvalue weighted by Crippen LogP contribution is 2.28. The number of anilines is 1. The summed E-state index contributed by atoms with van der Waals surface area (Å²) in [5.41, 5.74) is 9.21. The molecule has 0 saturated carbocycles. The molecule has 0 aliphatic carbocycles. The summed E-state index contributed by atoms with van der Waals surface area (Å²) < 4.78 is 5.75. The maximum atomic E-state index is 12.7. The fourth-order valence-electron chi connectivity index (χ4n) is 3.73. The van der Waals surface area contributed by atoms with Gasteiger partial charge in [-0.1, -0.05) is 60.7 Å². The van der Waals surface area contributed by atoms with Crippen LogP contribution in [-0.2, 0) is 11.3 Å². The minimum atomic E-state index is -0.659. The number of hydrogen-bond acceptors (Lipinski definition) is 5. The molecule has 0 fully saturated rings. The first-order valence-electron chi connectivity index (χ1n) is 12.2. The van der Waals surface area contributed by atoms with Crippen LogP contribution >= 0.6 is 0 Å². The van der Waals surface area contributed by atoms with Crippen molar-refractivity contribution in [2.75, 3.05) is 32.0 Å². The predicted octanol–water partition coefficient (Wildman–Crippen LogP) is 4.89. The van der Waals surface area contributed by atoms with Crippen molar-refractivity contribution in [3.8, 4) is 11.1 Å². The van der Waals surface area contributed by atoms with Crippen LogP contribution in [0.4, 0.5) is 10.5 Å². The Hall–Kier alpha value is -3.68. The molecule has 7 nitrogen and oxygen atoms in total. The third-order valence-corrected chi connectivity index (χ3v) is 5.94. The van der Waals surface area contributed by atoms with Gasteiger partial charge in [0.25, 0.3) is 5.91 Å². The molecule has 0 spiro atoms. The average Bonchev–Trinajstić information content (AvgIpc) is 2.88. The quantitative estimate of drug-likeness (QED) is 0.357. The fraction of sp³-hybridized carbons (Fsp3) is 0.310. The van der Waals surface area contributed by atoms with Crippen LogP contribution in [0.3, 0.4) is 0 Å². The van der Waals surface area contributed by atoms with Crippen molar-refractivity contribution in [3.05, 3.63) is 90.0 Å². The summed E-state index contributed by atoms with van der Waals surface area (Å²) >= 11 is 0. The molecule has 0 atom stereocenters. The first-order valence-corrected chi connectivity index (χ1v) is 12.2. The third-order valence-electron chi connectivity index (χ3n) is 5.94. The van der Waals surface area contributed by atoms with E-state index in [4.69, 9.17) is 10.5 Å². The normalized spacial score (nSPS) is 11.2. The van der Waals surface area contributed by atoms with Crippen molar-refractivity contribution in [1.29, 1.82) is 0 Å². The van der Waals surface area contributed by atoms with Gasteiger partial charge < -0.3 is 20.7 Å². The number of carbonyl (C=O) groups is 2. The highest BCUT2D eigenvalue weighted by molar-refractivity contribution is 5.94. The van der Waals surface area contributed by atoms with Gasteiger partial charge in [0, 0.05) is 37.3 Å². The van der Waals surface area contributed by atoms with Crippen LogP contribution in [0.2, 0.25) is 0 Å².